The second-order valence-electron chi connectivity index (χ2n) is 11.1. The number of benzene rings is 2. The Morgan fingerprint density at radius 3 is 2.70 bits per heavy atom. The summed E-state index contributed by atoms with van der Waals surface area (Å²) >= 11 is 0. The third kappa shape index (κ3) is 6.53. The number of nitrogens with one attached hydrogen (secondary N) is 3. The van der Waals surface area contributed by atoms with Crippen molar-refractivity contribution in [2.75, 3.05) is 50.2 Å². The molecule has 3 heterocycles. The SMILES string of the molecule is COc1cc(NCCCN(C)C)c(NC(=O)C2=COS(=O)(=O)O2)cc1Nc1ncc(C#N)c(-c2cn(C3CC3)c3ccccc23)n1. The highest BCUT2D eigenvalue weighted by atomic mass is 32.3. The van der Waals surface area contributed by atoms with E-state index in [1.54, 1.807) is 12.1 Å². The summed E-state index contributed by atoms with van der Waals surface area (Å²) in [5.41, 5.74) is 3.92. The summed E-state index contributed by atoms with van der Waals surface area (Å²) in [5.74, 6) is -0.747. The van der Waals surface area contributed by atoms with E-state index in [1.807, 2.05) is 38.5 Å². The Hall–Kier alpha value is -5.33. The lowest BCUT2D eigenvalue weighted by Gasteiger charge is -2.18. The van der Waals surface area contributed by atoms with Crippen molar-refractivity contribution < 1.29 is 26.3 Å². The molecule has 0 bridgehead atoms. The fourth-order valence-electron chi connectivity index (χ4n) is 5.14. The smallest absolute Gasteiger partial charge is 0.494 e. The molecule has 238 valence electrons. The van der Waals surface area contributed by atoms with Gasteiger partial charge in [0, 0.05) is 41.3 Å². The molecule has 46 heavy (non-hydrogen) atoms. The van der Waals surface area contributed by atoms with Crippen LogP contribution in [0.4, 0.5) is 23.0 Å². The molecule has 6 rings (SSSR count). The first-order chi connectivity index (χ1) is 22.2. The number of rotatable bonds is 12. The second-order valence-corrected chi connectivity index (χ2v) is 12.3. The zero-order valence-corrected chi connectivity index (χ0v) is 26.2. The number of fused-ring (bicyclic) bond motifs is 1. The maximum Gasteiger partial charge on any atom is 0.500 e. The van der Waals surface area contributed by atoms with Crippen LogP contribution in [-0.4, -0.2) is 68.1 Å². The molecule has 1 saturated carbocycles. The number of nitriles is 1. The third-order valence-electron chi connectivity index (χ3n) is 7.47. The molecule has 2 aliphatic rings. The fraction of sp³-hybridized carbons (Fsp3) is 0.290. The second kappa shape index (κ2) is 12.6. The minimum absolute atomic E-state index is 0.195. The molecule has 1 aliphatic carbocycles. The Labute approximate surface area is 265 Å². The van der Waals surface area contributed by atoms with Crippen molar-refractivity contribution in [3.05, 3.63) is 66.4 Å². The van der Waals surface area contributed by atoms with E-state index >= 15 is 0 Å². The number of anilines is 4. The average Bonchev–Trinajstić information content (AvgIpc) is 3.71. The number of amides is 1. The molecule has 14 nitrogen and oxygen atoms in total. The van der Waals surface area contributed by atoms with Gasteiger partial charge in [0.1, 0.15) is 11.8 Å². The van der Waals surface area contributed by atoms with Gasteiger partial charge in [-0.2, -0.15) is 5.26 Å². The Morgan fingerprint density at radius 2 is 2.00 bits per heavy atom. The first kappa shape index (κ1) is 30.7. The molecule has 0 saturated heterocycles. The number of methoxy groups -OCH3 is 1. The Morgan fingerprint density at radius 1 is 1.20 bits per heavy atom. The number of aromatic nitrogens is 3. The molecule has 15 heteroatoms. The maximum absolute atomic E-state index is 12.9. The molecule has 1 aliphatic heterocycles. The highest BCUT2D eigenvalue weighted by Crippen LogP contribution is 2.42. The molecule has 0 spiro atoms. The van der Waals surface area contributed by atoms with Gasteiger partial charge in [-0.1, -0.05) is 18.2 Å². The maximum atomic E-state index is 12.9. The zero-order chi connectivity index (χ0) is 32.4. The lowest BCUT2D eigenvalue weighted by atomic mass is 10.1. The van der Waals surface area contributed by atoms with E-state index in [0.717, 1.165) is 48.5 Å². The van der Waals surface area contributed by atoms with Crippen molar-refractivity contribution in [3.8, 4) is 23.1 Å². The quantitative estimate of drug-likeness (QED) is 0.185. The van der Waals surface area contributed by atoms with Crippen LogP contribution in [-0.2, 0) is 23.6 Å². The van der Waals surface area contributed by atoms with Gasteiger partial charge < -0.3 is 38.5 Å². The lowest BCUT2D eigenvalue weighted by Crippen LogP contribution is -2.19. The van der Waals surface area contributed by atoms with Crippen LogP contribution in [0.2, 0.25) is 0 Å². The molecule has 4 aromatic rings. The molecule has 1 amide bonds. The van der Waals surface area contributed by atoms with Crippen molar-refractivity contribution in [2.24, 2.45) is 0 Å². The van der Waals surface area contributed by atoms with Crippen molar-refractivity contribution in [1.82, 2.24) is 19.4 Å². The first-order valence-electron chi connectivity index (χ1n) is 14.5. The van der Waals surface area contributed by atoms with Crippen molar-refractivity contribution >= 4 is 50.2 Å². The van der Waals surface area contributed by atoms with E-state index in [4.69, 9.17) is 9.72 Å². The Kier molecular flexibility index (Phi) is 8.39. The van der Waals surface area contributed by atoms with Gasteiger partial charge in [-0.15, -0.1) is 8.42 Å². The number of carbonyl (C=O) groups is 1. The van der Waals surface area contributed by atoms with Crippen molar-refractivity contribution in [1.29, 1.82) is 5.26 Å². The fourth-order valence-corrected chi connectivity index (χ4v) is 5.72. The molecule has 3 N–H and O–H groups in total. The van der Waals surface area contributed by atoms with Gasteiger partial charge in [0.25, 0.3) is 5.91 Å². The van der Waals surface area contributed by atoms with Gasteiger partial charge in [-0.05, 0) is 52.0 Å². The van der Waals surface area contributed by atoms with E-state index in [9.17, 15) is 18.5 Å². The average molecular weight is 645 g/mol. The van der Waals surface area contributed by atoms with Crippen LogP contribution in [0.5, 0.6) is 5.75 Å². The van der Waals surface area contributed by atoms with Gasteiger partial charge in [0.2, 0.25) is 11.7 Å². The van der Waals surface area contributed by atoms with Crippen LogP contribution < -0.4 is 20.7 Å². The van der Waals surface area contributed by atoms with Gasteiger partial charge in [0.15, 0.2) is 6.26 Å². The van der Waals surface area contributed by atoms with E-state index in [2.05, 4.69) is 50.9 Å². The number of carbonyl (C=O) groups excluding carboxylic acids is 1. The normalized spacial score (nSPS) is 15.1. The van der Waals surface area contributed by atoms with Crippen molar-refractivity contribution in [2.45, 2.75) is 25.3 Å². The molecule has 1 fully saturated rings. The van der Waals surface area contributed by atoms with Crippen LogP contribution in [0.3, 0.4) is 0 Å². The molecule has 2 aromatic heterocycles. The Balaban J connectivity index is 1.35. The lowest BCUT2D eigenvalue weighted by molar-refractivity contribution is -0.114. The first-order valence-corrected chi connectivity index (χ1v) is 15.9. The summed E-state index contributed by atoms with van der Waals surface area (Å²) in [6, 6.07) is 14.0. The predicted octanol–water partition coefficient (Wildman–Crippen LogP) is 4.49. The van der Waals surface area contributed by atoms with Crippen LogP contribution in [0.1, 0.15) is 30.9 Å². The number of para-hydroxylation sites is 1. The van der Waals surface area contributed by atoms with Gasteiger partial charge in [0.05, 0.1) is 41.6 Å². The van der Waals surface area contributed by atoms with Crippen LogP contribution >= 0.6 is 0 Å². The summed E-state index contributed by atoms with van der Waals surface area (Å²) < 4.78 is 40.1. The van der Waals surface area contributed by atoms with E-state index < -0.39 is 22.1 Å². The standard InChI is InChI=1S/C31H32N8O6S/c1-38(2)12-6-11-33-23-14-27(43-3)25(13-24(23)35-30(40)28-18-44-46(41,42)45-28)36-31-34-16-19(15-32)29(37-31)22-17-39(20-9-10-20)26-8-5-4-7-21(22)26/h4-5,7-8,13-14,16-18,20,33H,6,9-12H2,1-3H3,(H,35,40)(H,34,36,37). The summed E-state index contributed by atoms with van der Waals surface area (Å²) in [5, 5.41) is 20.1. The molecular formula is C31H32N8O6S. The van der Waals surface area contributed by atoms with Gasteiger partial charge >= 0.3 is 10.4 Å². The molecular weight excluding hydrogens is 612 g/mol. The monoisotopic (exact) mass is 644 g/mol. The van der Waals surface area contributed by atoms with Gasteiger partial charge in [-0.25, -0.2) is 9.97 Å². The third-order valence-corrected chi connectivity index (χ3v) is 8.18. The van der Waals surface area contributed by atoms with Gasteiger partial charge in [-0.3, -0.25) is 4.79 Å². The van der Waals surface area contributed by atoms with E-state index in [0.29, 0.717) is 46.7 Å². The molecule has 0 radical (unpaired) electrons. The number of hydrogen-bond acceptors (Lipinski definition) is 12. The van der Waals surface area contributed by atoms with Crippen LogP contribution in [0.25, 0.3) is 22.2 Å². The highest BCUT2D eigenvalue weighted by molar-refractivity contribution is 7.82. The van der Waals surface area contributed by atoms with Crippen LogP contribution in [0.15, 0.2) is 60.8 Å². The highest BCUT2D eigenvalue weighted by Gasteiger charge is 2.30. The molecule has 2 aromatic carbocycles. The minimum Gasteiger partial charge on any atom is -0.494 e. The van der Waals surface area contributed by atoms with E-state index in [-0.39, 0.29) is 5.95 Å². The van der Waals surface area contributed by atoms with Crippen LogP contribution in [0, 0.1) is 11.3 Å². The number of ether oxygens (including phenoxy) is 1. The molecule has 0 unspecified atom stereocenters. The summed E-state index contributed by atoms with van der Waals surface area (Å²) in [6.07, 6.45) is 7.25. The van der Waals surface area contributed by atoms with E-state index in [1.165, 1.54) is 13.3 Å². The number of nitrogens with zero attached hydrogens (tertiary/aromatic N) is 5. The van der Waals surface area contributed by atoms with Crippen molar-refractivity contribution in [3.63, 3.8) is 0 Å². The summed E-state index contributed by atoms with van der Waals surface area (Å²) in [6.45, 7) is 1.41. The minimum atomic E-state index is -4.32. The summed E-state index contributed by atoms with van der Waals surface area (Å²) in [4.78, 5) is 24.1. The Bertz CT molecular complexity index is 2000. The topological polar surface area (TPSA) is 173 Å². The molecule has 0 atom stereocenters. The summed E-state index contributed by atoms with van der Waals surface area (Å²) in [7, 11) is 1.13. The largest absolute Gasteiger partial charge is 0.500 e. The number of hydrogen-bond donors (Lipinski definition) is 3. The zero-order valence-electron chi connectivity index (χ0n) is 25.4. The predicted molar refractivity (Wildman–Crippen MR) is 172 cm³/mol.